The van der Waals surface area contributed by atoms with Crippen LogP contribution in [0.3, 0.4) is 0 Å². The Morgan fingerprint density at radius 2 is 1.95 bits per heavy atom. The van der Waals surface area contributed by atoms with E-state index >= 15 is 0 Å². The molecule has 0 radical (unpaired) electrons. The quantitative estimate of drug-likeness (QED) is 0.745. The van der Waals surface area contributed by atoms with E-state index in [9.17, 15) is 4.39 Å². The van der Waals surface area contributed by atoms with Crippen molar-refractivity contribution >= 4 is 33.2 Å². The molecule has 3 nitrogen and oxygen atoms in total. The third-order valence-electron chi connectivity index (χ3n) is 2.69. The van der Waals surface area contributed by atoms with Crippen molar-refractivity contribution in [2.45, 2.75) is 0 Å². The zero-order valence-electron chi connectivity index (χ0n) is 9.56. The Morgan fingerprint density at radius 3 is 2.58 bits per heavy atom. The van der Waals surface area contributed by atoms with Crippen molar-refractivity contribution in [3.8, 4) is 22.4 Å². The summed E-state index contributed by atoms with van der Waals surface area (Å²) < 4.78 is 19.0. The van der Waals surface area contributed by atoms with Crippen LogP contribution in [0, 0.1) is 5.82 Å². The smallest absolute Gasteiger partial charge is 0.230 e. The third-order valence-corrected chi connectivity index (χ3v) is 4.20. The lowest BCUT2D eigenvalue weighted by molar-refractivity contribution is 0.439. The number of anilines is 1. The first kappa shape index (κ1) is 12.4. The van der Waals surface area contributed by atoms with Gasteiger partial charge in [-0.2, -0.15) is 0 Å². The lowest BCUT2D eigenvalue weighted by atomic mass is 10.0. The van der Waals surface area contributed by atoms with Crippen LogP contribution >= 0.6 is 27.3 Å². The maximum absolute atomic E-state index is 13.0. The fourth-order valence-corrected chi connectivity index (χ4v) is 2.97. The third kappa shape index (κ3) is 2.29. The molecule has 2 aromatic heterocycles. The van der Waals surface area contributed by atoms with Crippen molar-refractivity contribution in [2.75, 3.05) is 5.73 Å². The minimum atomic E-state index is -0.293. The number of nitrogens with zero attached hydrogens (tertiary/aromatic N) is 1. The van der Waals surface area contributed by atoms with E-state index in [2.05, 4.69) is 21.1 Å². The van der Waals surface area contributed by atoms with Gasteiger partial charge in [0, 0.05) is 10.9 Å². The lowest BCUT2D eigenvalue weighted by Crippen LogP contribution is -1.87. The van der Waals surface area contributed by atoms with E-state index in [0.29, 0.717) is 11.3 Å². The molecule has 0 fully saturated rings. The summed E-state index contributed by atoms with van der Waals surface area (Å²) in [7, 11) is 0. The van der Waals surface area contributed by atoms with Gasteiger partial charge in [-0.25, -0.2) is 4.39 Å². The molecule has 0 saturated carbocycles. The van der Waals surface area contributed by atoms with E-state index in [1.807, 2.05) is 11.4 Å². The summed E-state index contributed by atoms with van der Waals surface area (Å²) in [6.45, 7) is 0. The first-order chi connectivity index (χ1) is 9.15. The number of nitrogens with two attached hydrogens (primary N) is 1. The molecule has 1 aromatic carbocycles. The van der Waals surface area contributed by atoms with E-state index in [4.69, 9.17) is 10.3 Å². The number of hydrogen-bond donors (Lipinski definition) is 1. The van der Waals surface area contributed by atoms with Gasteiger partial charge in [-0.05, 0) is 39.7 Å². The monoisotopic (exact) mass is 338 g/mol. The van der Waals surface area contributed by atoms with E-state index in [-0.39, 0.29) is 11.7 Å². The number of halogens is 2. The average Bonchev–Trinajstić information content (AvgIpc) is 2.97. The highest BCUT2D eigenvalue weighted by Gasteiger charge is 2.18. The van der Waals surface area contributed by atoms with Crippen molar-refractivity contribution in [1.29, 1.82) is 0 Å². The van der Waals surface area contributed by atoms with Crippen molar-refractivity contribution < 1.29 is 8.91 Å². The number of rotatable bonds is 2. The SMILES string of the molecule is Nc1onc(-c2csc(Br)c2)c1-c1ccc(F)cc1. The number of benzene rings is 1. The van der Waals surface area contributed by atoms with Gasteiger partial charge >= 0.3 is 0 Å². The predicted octanol–water partition coefficient (Wildman–Crippen LogP) is 4.55. The standard InChI is InChI=1S/C13H8BrFN2OS/c14-10-5-8(6-19-10)12-11(13(16)18-17-12)7-1-3-9(15)4-2-7/h1-6H,16H2. The van der Waals surface area contributed by atoms with Crippen LogP contribution in [0.4, 0.5) is 10.3 Å². The predicted molar refractivity (Wildman–Crippen MR) is 77.3 cm³/mol. The maximum atomic E-state index is 13.0. The number of nitrogen functional groups attached to an aromatic ring is 1. The molecule has 3 aromatic rings. The average molecular weight is 339 g/mol. The molecule has 0 spiro atoms. The molecule has 2 heterocycles. The summed E-state index contributed by atoms with van der Waals surface area (Å²) >= 11 is 4.95. The van der Waals surface area contributed by atoms with Crippen LogP contribution in [0.2, 0.25) is 0 Å². The number of hydrogen-bond acceptors (Lipinski definition) is 4. The van der Waals surface area contributed by atoms with Crippen LogP contribution in [-0.2, 0) is 0 Å². The lowest BCUT2D eigenvalue weighted by Gasteiger charge is -2.01. The zero-order chi connectivity index (χ0) is 13.4. The van der Waals surface area contributed by atoms with Gasteiger partial charge in [0.25, 0.3) is 0 Å². The van der Waals surface area contributed by atoms with Crippen molar-refractivity contribution in [3.05, 3.63) is 45.3 Å². The highest BCUT2D eigenvalue weighted by atomic mass is 79.9. The van der Waals surface area contributed by atoms with Crippen LogP contribution in [0.25, 0.3) is 22.4 Å². The Bertz CT molecular complexity index is 721. The fourth-order valence-electron chi connectivity index (χ4n) is 1.83. The highest BCUT2D eigenvalue weighted by molar-refractivity contribution is 9.11. The molecule has 2 N–H and O–H groups in total. The second-order valence-electron chi connectivity index (χ2n) is 3.92. The normalized spacial score (nSPS) is 10.8. The summed E-state index contributed by atoms with van der Waals surface area (Å²) in [4.78, 5) is 0. The first-order valence-corrected chi connectivity index (χ1v) is 7.08. The molecule has 0 amide bonds. The van der Waals surface area contributed by atoms with Gasteiger partial charge in [-0.15, -0.1) is 11.3 Å². The van der Waals surface area contributed by atoms with E-state index < -0.39 is 0 Å². The van der Waals surface area contributed by atoms with Crippen LogP contribution in [0.5, 0.6) is 0 Å². The Balaban J connectivity index is 2.16. The van der Waals surface area contributed by atoms with Crippen LogP contribution in [0.1, 0.15) is 0 Å². The maximum Gasteiger partial charge on any atom is 0.230 e. The van der Waals surface area contributed by atoms with Gasteiger partial charge in [0.1, 0.15) is 11.5 Å². The molecule has 19 heavy (non-hydrogen) atoms. The molecule has 0 unspecified atom stereocenters. The Morgan fingerprint density at radius 1 is 1.21 bits per heavy atom. The molecule has 0 aliphatic rings. The molecule has 0 bridgehead atoms. The summed E-state index contributed by atoms with van der Waals surface area (Å²) in [5.74, 6) is -0.0671. The zero-order valence-corrected chi connectivity index (χ0v) is 12.0. The topological polar surface area (TPSA) is 52.0 Å². The fraction of sp³-hybridized carbons (Fsp3) is 0. The minimum Gasteiger partial charge on any atom is -0.367 e. The van der Waals surface area contributed by atoms with Crippen LogP contribution in [-0.4, -0.2) is 5.16 Å². The molecule has 0 aliphatic carbocycles. The molecule has 6 heteroatoms. The van der Waals surface area contributed by atoms with Crippen molar-refractivity contribution in [2.24, 2.45) is 0 Å². The van der Waals surface area contributed by atoms with E-state index in [1.54, 1.807) is 23.5 Å². The van der Waals surface area contributed by atoms with Gasteiger partial charge in [0.05, 0.1) is 9.35 Å². The van der Waals surface area contributed by atoms with Gasteiger partial charge in [-0.1, -0.05) is 17.3 Å². The summed E-state index contributed by atoms with van der Waals surface area (Å²) in [5.41, 5.74) is 8.86. The second-order valence-corrected chi connectivity index (χ2v) is 6.21. The van der Waals surface area contributed by atoms with E-state index in [1.165, 1.54) is 12.1 Å². The molecule has 3 rings (SSSR count). The largest absolute Gasteiger partial charge is 0.367 e. The molecule has 0 aliphatic heterocycles. The van der Waals surface area contributed by atoms with Crippen LogP contribution in [0.15, 0.2) is 44.0 Å². The van der Waals surface area contributed by atoms with Gasteiger partial charge in [0.15, 0.2) is 0 Å². The van der Waals surface area contributed by atoms with Gasteiger partial charge < -0.3 is 10.3 Å². The second kappa shape index (κ2) is 4.79. The first-order valence-electron chi connectivity index (χ1n) is 5.40. The van der Waals surface area contributed by atoms with E-state index in [0.717, 1.165) is 14.9 Å². The van der Waals surface area contributed by atoms with Crippen molar-refractivity contribution in [1.82, 2.24) is 5.16 Å². The molecular weight excluding hydrogens is 331 g/mol. The number of aromatic nitrogens is 1. The van der Waals surface area contributed by atoms with Crippen LogP contribution < -0.4 is 5.73 Å². The van der Waals surface area contributed by atoms with Gasteiger partial charge in [0.2, 0.25) is 5.88 Å². The van der Waals surface area contributed by atoms with Crippen molar-refractivity contribution in [3.63, 3.8) is 0 Å². The minimum absolute atomic E-state index is 0.226. The van der Waals surface area contributed by atoms with Gasteiger partial charge in [-0.3, -0.25) is 0 Å². The molecule has 0 atom stereocenters. The summed E-state index contributed by atoms with van der Waals surface area (Å²) in [6.07, 6.45) is 0. The Labute approximate surface area is 121 Å². The number of thiophene rings is 1. The summed E-state index contributed by atoms with van der Waals surface area (Å²) in [5, 5.41) is 5.94. The highest BCUT2D eigenvalue weighted by Crippen LogP contribution is 2.38. The molecule has 96 valence electrons. The molecule has 0 saturated heterocycles. The summed E-state index contributed by atoms with van der Waals surface area (Å²) in [6, 6.07) is 8.02. The molecular formula is C13H8BrFN2OS. The Kier molecular flexibility index (Phi) is 3.12. The Hall–Kier alpha value is -1.66.